The lowest BCUT2D eigenvalue weighted by atomic mass is 10.1. The molecule has 5 nitrogen and oxygen atoms in total. The van der Waals surface area contributed by atoms with Crippen molar-refractivity contribution >= 4 is 17.7 Å². The average molecular weight is 504 g/mol. The van der Waals surface area contributed by atoms with Gasteiger partial charge in [0.15, 0.2) is 11.0 Å². The first-order chi connectivity index (χ1) is 16.7. The van der Waals surface area contributed by atoms with Gasteiger partial charge in [-0.1, -0.05) is 42.1 Å². The summed E-state index contributed by atoms with van der Waals surface area (Å²) in [6, 6.07) is 15.9. The first-order valence-corrected chi connectivity index (χ1v) is 11.2. The molecule has 1 N–H and O–H groups in total. The van der Waals surface area contributed by atoms with Crippen molar-refractivity contribution < 1.29 is 26.7 Å². The highest BCUT2D eigenvalue weighted by atomic mass is 32.2. The van der Waals surface area contributed by atoms with E-state index in [4.69, 9.17) is 0 Å². The summed E-state index contributed by atoms with van der Waals surface area (Å²) in [7, 11) is 0. The van der Waals surface area contributed by atoms with E-state index in [0.717, 1.165) is 23.9 Å². The number of nitrogens with one attached hydrogen (secondary N) is 1. The number of alkyl halides is 3. The molecule has 11 heteroatoms. The largest absolute Gasteiger partial charge is 0.416 e. The summed E-state index contributed by atoms with van der Waals surface area (Å²) < 4.78 is 68.0. The van der Waals surface area contributed by atoms with Crippen LogP contribution in [0, 0.1) is 11.6 Å². The Labute approximate surface area is 201 Å². The zero-order valence-electron chi connectivity index (χ0n) is 17.9. The average Bonchev–Trinajstić information content (AvgIpc) is 3.24. The summed E-state index contributed by atoms with van der Waals surface area (Å²) in [6.07, 6.45) is -4.46. The Morgan fingerprint density at radius 3 is 2.40 bits per heavy atom. The predicted molar refractivity (Wildman–Crippen MR) is 120 cm³/mol. The van der Waals surface area contributed by atoms with Gasteiger partial charge in [0.05, 0.1) is 17.7 Å². The Kier molecular flexibility index (Phi) is 7.15. The standard InChI is InChI=1S/C24H17F5N4OS/c25-17-8-10-18(11-9-17)33-21(13-30-22(34)19-6-1-2-7-20(19)26)31-32-23(33)35-14-15-4-3-5-16(12-15)24(27,28)29/h1-12H,13-14H2,(H,30,34). The molecule has 0 radical (unpaired) electrons. The summed E-state index contributed by atoms with van der Waals surface area (Å²) in [6.45, 7) is -0.123. The molecule has 3 aromatic carbocycles. The van der Waals surface area contributed by atoms with E-state index in [0.29, 0.717) is 16.4 Å². The van der Waals surface area contributed by atoms with E-state index in [1.807, 2.05) is 0 Å². The smallest absolute Gasteiger partial charge is 0.345 e. The zero-order chi connectivity index (χ0) is 25.0. The van der Waals surface area contributed by atoms with Gasteiger partial charge in [0.1, 0.15) is 11.6 Å². The molecule has 0 saturated heterocycles. The van der Waals surface area contributed by atoms with Crippen molar-refractivity contribution in [1.82, 2.24) is 20.1 Å². The number of rotatable bonds is 7. The minimum atomic E-state index is -4.46. The number of hydrogen-bond donors (Lipinski definition) is 1. The zero-order valence-corrected chi connectivity index (χ0v) is 18.7. The van der Waals surface area contributed by atoms with Gasteiger partial charge in [-0.3, -0.25) is 9.36 Å². The van der Waals surface area contributed by atoms with Gasteiger partial charge in [0.2, 0.25) is 0 Å². The van der Waals surface area contributed by atoms with Crippen LogP contribution >= 0.6 is 11.8 Å². The molecule has 0 fully saturated rings. The number of benzene rings is 3. The lowest BCUT2D eigenvalue weighted by Crippen LogP contribution is -2.25. The number of aromatic nitrogens is 3. The van der Waals surface area contributed by atoms with Gasteiger partial charge in [-0.15, -0.1) is 10.2 Å². The number of amides is 1. The van der Waals surface area contributed by atoms with Crippen LogP contribution in [0.2, 0.25) is 0 Å². The van der Waals surface area contributed by atoms with E-state index < -0.39 is 29.3 Å². The first kappa shape index (κ1) is 24.4. The number of carbonyl (C=O) groups is 1. The summed E-state index contributed by atoms with van der Waals surface area (Å²) >= 11 is 1.13. The lowest BCUT2D eigenvalue weighted by Gasteiger charge is -2.12. The van der Waals surface area contributed by atoms with Crippen LogP contribution in [0.3, 0.4) is 0 Å². The topological polar surface area (TPSA) is 59.8 Å². The normalized spacial score (nSPS) is 11.5. The Morgan fingerprint density at radius 1 is 0.943 bits per heavy atom. The van der Waals surface area contributed by atoms with E-state index in [1.165, 1.54) is 54.6 Å². The Balaban J connectivity index is 1.58. The van der Waals surface area contributed by atoms with Gasteiger partial charge in [-0.05, 0) is 48.0 Å². The molecule has 0 saturated carbocycles. The third-order valence-electron chi connectivity index (χ3n) is 4.93. The quantitative estimate of drug-likeness (QED) is 0.256. The third kappa shape index (κ3) is 5.86. The maximum atomic E-state index is 13.9. The molecule has 1 heterocycles. The summed E-state index contributed by atoms with van der Waals surface area (Å²) in [5.41, 5.74) is 0.0117. The molecule has 1 aromatic heterocycles. The van der Waals surface area contributed by atoms with Crippen LogP contribution in [-0.2, 0) is 18.5 Å². The highest BCUT2D eigenvalue weighted by molar-refractivity contribution is 7.98. The second-order valence-electron chi connectivity index (χ2n) is 7.36. The van der Waals surface area contributed by atoms with Crippen LogP contribution in [0.4, 0.5) is 22.0 Å². The highest BCUT2D eigenvalue weighted by Gasteiger charge is 2.30. The van der Waals surface area contributed by atoms with Crippen molar-refractivity contribution in [1.29, 1.82) is 0 Å². The van der Waals surface area contributed by atoms with Crippen molar-refractivity contribution in [3.63, 3.8) is 0 Å². The van der Waals surface area contributed by atoms with Crippen molar-refractivity contribution in [2.75, 3.05) is 0 Å². The molecule has 1 amide bonds. The molecule has 180 valence electrons. The fraction of sp³-hybridized carbons (Fsp3) is 0.125. The van der Waals surface area contributed by atoms with Gasteiger partial charge in [0.25, 0.3) is 5.91 Å². The second kappa shape index (κ2) is 10.3. The van der Waals surface area contributed by atoms with E-state index in [9.17, 15) is 26.7 Å². The van der Waals surface area contributed by atoms with E-state index in [1.54, 1.807) is 10.6 Å². The summed E-state index contributed by atoms with van der Waals surface area (Å²) in [5.74, 6) is -1.37. The van der Waals surface area contributed by atoms with Crippen molar-refractivity contribution in [3.05, 3.63) is 107 Å². The first-order valence-electron chi connectivity index (χ1n) is 10.2. The molecule has 0 aliphatic rings. The Hall–Kier alpha value is -3.73. The van der Waals surface area contributed by atoms with Crippen molar-refractivity contribution in [2.24, 2.45) is 0 Å². The Bertz CT molecular complexity index is 1340. The van der Waals surface area contributed by atoms with E-state index in [-0.39, 0.29) is 23.7 Å². The molecular formula is C24H17F5N4OS. The van der Waals surface area contributed by atoms with E-state index >= 15 is 0 Å². The fourth-order valence-corrected chi connectivity index (χ4v) is 4.16. The van der Waals surface area contributed by atoms with Gasteiger partial charge in [-0.2, -0.15) is 13.2 Å². The number of thioether (sulfide) groups is 1. The molecular weight excluding hydrogens is 487 g/mol. The van der Waals surface area contributed by atoms with Gasteiger partial charge >= 0.3 is 6.18 Å². The van der Waals surface area contributed by atoms with Crippen LogP contribution in [-0.4, -0.2) is 20.7 Å². The number of hydrogen-bond acceptors (Lipinski definition) is 4. The van der Waals surface area contributed by atoms with Gasteiger partial charge in [-0.25, -0.2) is 8.78 Å². The molecule has 0 bridgehead atoms. The molecule has 4 aromatic rings. The van der Waals surface area contributed by atoms with Crippen LogP contribution in [0.1, 0.15) is 27.3 Å². The molecule has 0 unspecified atom stereocenters. The number of carbonyl (C=O) groups excluding carboxylic acids is 1. The maximum absolute atomic E-state index is 13.9. The SMILES string of the molecule is O=C(NCc1nnc(SCc2cccc(C(F)(F)F)c2)n1-c1ccc(F)cc1)c1ccccc1F. The van der Waals surface area contributed by atoms with Crippen LogP contribution in [0.25, 0.3) is 5.69 Å². The molecule has 0 aliphatic heterocycles. The Morgan fingerprint density at radius 2 is 1.69 bits per heavy atom. The monoisotopic (exact) mass is 504 g/mol. The number of halogens is 5. The summed E-state index contributed by atoms with van der Waals surface area (Å²) in [5, 5.41) is 11.1. The van der Waals surface area contributed by atoms with Crippen LogP contribution in [0.15, 0.2) is 78.0 Å². The molecule has 0 aliphatic carbocycles. The number of nitrogens with zero attached hydrogens (tertiary/aromatic N) is 3. The highest BCUT2D eigenvalue weighted by Crippen LogP contribution is 2.31. The van der Waals surface area contributed by atoms with Crippen molar-refractivity contribution in [2.45, 2.75) is 23.6 Å². The van der Waals surface area contributed by atoms with Gasteiger partial charge < -0.3 is 5.32 Å². The minimum Gasteiger partial charge on any atom is -0.345 e. The molecule has 4 rings (SSSR count). The lowest BCUT2D eigenvalue weighted by molar-refractivity contribution is -0.137. The fourth-order valence-electron chi connectivity index (χ4n) is 3.24. The third-order valence-corrected chi connectivity index (χ3v) is 5.93. The van der Waals surface area contributed by atoms with Crippen molar-refractivity contribution in [3.8, 4) is 5.69 Å². The van der Waals surface area contributed by atoms with Gasteiger partial charge in [0, 0.05) is 11.4 Å². The minimum absolute atomic E-state index is 0.123. The molecule has 0 atom stereocenters. The second-order valence-corrected chi connectivity index (χ2v) is 8.30. The van der Waals surface area contributed by atoms with Crippen LogP contribution < -0.4 is 5.32 Å². The molecule has 35 heavy (non-hydrogen) atoms. The maximum Gasteiger partial charge on any atom is 0.416 e. The molecule has 0 spiro atoms. The van der Waals surface area contributed by atoms with Crippen LogP contribution in [0.5, 0.6) is 0 Å². The summed E-state index contributed by atoms with van der Waals surface area (Å²) in [4.78, 5) is 12.4. The predicted octanol–water partition coefficient (Wildman–Crippen LogP) is 5.79. The van der Waals surface area contributed by atoms with E-state index in [2.05, 4.69) is 15.5 Å².